The maximum absolute atomic E-state index is 6.04. The Morgan fingerprint density at radius 2 is 2.11 bits per heavy atom. The Hall–Kier alpha value is -0.380. The monoisotopic (exact) mass is 316 g/mol. The summed E-state index contributed by atoms with van der Waals surface area (Å²) in [6, 6.07) is 5.87. The standard InChI is InChI=1S/C14H18Cl2N2S/c1-14(2,19-3)9-18-12-5-4-10(16)8-11(12)17-13(18)6-7-15/h4-5,8H,6-7,9H2,1-3H3. The molecule has 0 N–H and O–H groups in total. The van der Waals surface area contributed by atoms with E-state index in [0.717, 1.165) is 34.8 Å². The molecule has 2 nitrogen and oxygen atoms in total. The lowest BCUT2D eigenvalue weighted by Gasteiger charge is -2.24. The van der Waals surface area contributed by atoms with E-state index in [1.807, 2.05) is 30.0 Å². The number of imidazole rings is 1. The van der Waals surface area contributed by atoms with Gasteiger partial charge in [-0.3, -0.25) is 0 Å². The molecule has 0 fully saturated rings. The number of aryl methyl sites for hydroxylation is 1. The van der Waals surface area contributed by atoms with E-state index in [-0.39, 0.29) is 4.75 Å². The third kappa shape index (κ3) is 3.39. The molecule has 19 heavy (non-hydrogen) atoms. The van der Waals surface area contributed by atoms with Crippen LogP contribution in [-0.4, -0.2) is 26.4 Å². The van der Waals surface area contributed by atoms with Crippen molar-refractivity contribution in [1.82, 2.24) is 9.55 Å². The van der Waals surface area contributed by atoms with Crippen molar-refractivity contribution in [3.63, 3.8) is 0 Å². The Morgan fingerprint density at radius 1 is 1.37 bits per heavy atom. The van der Waals surface area contributed by atoms with Crippen LogP contribution in [0.1, 0.15) is 19.7 Å². The lowest BCUT2D eigenvalue weighted by Crippen LogP contribution is -2.23. The third-order valence-corrected chi connectivity index (χ3v) is 4.86. The highest BCUT2D eigenvalue weighted by Gasteiger charge is 2.20. The van der Waals surface area contributed by atoms with E-state index in [4.69, 9.17) is 23.2 Å². The molecule has 0 saturated heterocycles. The first-order valence-electron chi connectivity index (χ1n) is 6.22. The number of thioether (sulfide) groups is 1. The van der Waals surface area contributed by atoms with Gasteiger partial charge in [0.15, 0.2) is 0 Å². The van der Waals surface area contributed by atoms with E-state index in [0.29, 0.717) is 5.88 Å². The summed E-state index contributed by atoms with van der Waals surface area (Å²) in [5.74, 6) is 1.62. The van der Waals surface area contributed by atoms with Crippen LogP contribution >= 0.6 is 35.0 Å². The molecule has 0 aliphatic rings. The number of fused-ring (bicyclic) bond motifs is 1. The van der Waals surface area contributed by atoms with Crippen LogP contribution in [0.2, 0.25) is 5.02 Å². The molecule has 0 saturated carbocycles. The summed E-state index contributed by atoms with van der Waals surface area (Å²) < 4.78 is 2.43. The van der Waals surface area contributed by atoms with Gasteiger partial charge in [-0.1, -0.05) is 11.6 Å². The molecule has 0 atom stereocenters. The van der Waals surface area contributed by atoms with E-state index in [2.05, 4.69) is 29.7 Å². The molecule has 1 aromatic carbocycles. The van der Waals surface area contributed by atoms with E-state index >= 15 is 0 Å². The lowest BCUT2D eigenvalue weighted by molar-refractivity contribution is 0.561. The summed E-state index contributed by atoms with van der Waals surface area (Å²) >= 11 is 13.8. The van der Waals surface area contributed by atoms with Gasteiger partial charge in [-0.05, 0) is 38.3 Å². The molecule has 0 unspecified atom stereocenters. The van der Waals surface area contributed by atoms with Crippen molar-refractivity contribution in [2.45, 2.75) is 31.6 Å². The zero-order valence-electron chi connectivity index (χ0n) is 11.4. The average molecular weight is 317 g/mol. The normalized spacial score (nSPS) is 12.3. The summed E-state index contributed by atoms with van der Waals surface area (Å²) in [4.78, 5) is 4.67. The van der Waals surface area contributed by atoms with Crippen molar-refractivity contribution >= 4 is 46.0 Å². The Bertz CT molecular complexity index is 578. The number of aromatic nitrogens is 2. The number of rotatable bonds is 5. The van der Waals surface area contributed by atoms with Gasteiger partial charge in [0, 0.05) is 28.6 Å². The molecule has 0 bridgehead atoms. The molecule has 0 aliphatic carbocycles. The molecule has 5 heteroatoms. The van der Waals surface area contributed by atoms with Crippen molar-refractivity contribution in [2.24, 2.45) is 0 Å². The summed E-state index contributed by atoms with van der Waals surface area (Å²) in [5, 5.41) is 0.721. The van der Waals surface area contributed by atoms with Crippen LogP contribution < -0.4 is 0 Å². The quantitative estimate of drug-likeness (QED) is 0.749. The first-order valence-corrected chi connectivity index (χ1v) is 8.36. The van der Waals surface area contributed by atoms with Crippen molar-refractivity contribution in [3.05, 3.63) is 29.0 Å². The van der Waals surface area contributed by atoms with Gasteiger partial charge in [0.05, 0.1) is 11.0 Å². The second kappa shape index (κ2) is 5.94. The van der Waals surface area contributed by atoms with E-state index in [1.165, 1.54) is 0 Å². The third-order valence-electron chi connectivity index (χ3n) is 3.20. The number of benzene rings is 1. The predicted octanol–water partition coefficient (Wildman–Crippen LogP) is 4.61. The highest BCUT2D eigenvalue weighted by molar-refractivity contribution is 7.99. The molecular weight excluding hydrogens is 299 g/mol. The fourth-order valence-electron chi connectivity index (χ4n) is 2.05. The van der Waals surface area contributed by atoms with Gasteiger partial charge < -0.3 is 4.57 Å². The van der Waals surface area contributed by atoms with Crippen molar-refractivity contribution in [2.75, 3.05) is 12.1 Å². The number of hydrogen-bond donors (Lipinski definition) is 0. The van der Waals surface area contributed by atoms with E-state index in [9.17, 15) is 0 Å². The first kappa shape index (κ1) is 15.0. The topological polar surface area (TPSA) is 17.8 Å². The molecule has 2 rings (SSSR count). The Labute approximate surface area is 128 Å². The first-order chi connectivity index (χ1) is 8.96. The molecule has 0 aliphatic heterocycles. The second-order valence-electron chi connectivity index (χ2n) is 5.15. The van der Waals surface area contributed by atoms with Crippen LogP contribution in [0.4, 0.5) is 0 Å². The van der Waals surface area contributed by atoms with Crippen LogP contribution in [0.5, 0.6) is 0 Å². The molecule has 1 aromatic heterocycles. The fourth-order valence-corrected chi connectivity index (χ4v) is 2.64. The minimum atomic E-state index is 0.161. The number of nitrogens with zero attached hydrogens (tertiary/aromatic N) is 2. The molecule has 2 aromatic rings. The predicted molar refractivity (Wildman–Crippen MR) is 86.8 cm³/mol. The van der Waals surface area contributed by atoms with Crippen LogP contribution in [0.3, 0.4) is 0 Å². The zero-order valence-corrected chi connectivity index (χ0v) is 13.7. The molecule has 1 heterocycles. The van der Waals surface area contributed by atoms with Gasteiger partial charge in [-0.25, -0.2) is 4.98 Å². The Balaban J connectivity index is 2.52. The van der Waals surface area contributed by atoms with Crippen LogP contribution in [0.15, 0.2) is 18.2 Å². The van der Waals surface area contributed by atoms with Crippen LogP contribution in [-0.2, 0) is 13.0 Å². The van der Waals surface area contributed by atoms with E-state index < -0.39 is 0 Å². The fraction of sp³-hybridized carbons (Fsp3) is 0.500. The lowest BCUT2D eigenvalue weighted by atomic mass is 10.2. The van der Waals surface area contributed by atoms with Gasteiger partial charge in [0.25, 0.3) is 0 Å². The highest BCUT2D eigenvalue weighted by atomic mass is 35.5. The van der Waals surface area contributed by atoms with Crippen molar-refractivity contribution in [3.8, 4) is 0 Å². The van der Waals surface area contributed by atoms with Gasteiger partial charge in [-0.15, -0.1) is 11.6 Å². The van der Waals surface area contributed by atoms with E-state index in [1.54, 1.807) is 0 Å². The summed E-state index contributed by atoms with van der Waals surface area (Å²) in [6.45, 7) is 5.40. The molecule has 0 amide bonds. The maximum atomic E-state index is 6.04. The molecule has 0 spiro atoms. The summed E-state index contributed by atoms with van der Waals surface area (Å²) in [6.07, 6.45) is 2.91. The maximum Gasteiger partial charge on any atom is 0.111 e. The Morgan fingerprint density at radius 3 is 2.74 bits per heavy atom. The van der Waals surface area contributed by atoms with Gasteiger partial charge in [0.1, 0.15) is 5.82 Å². The van der Waals surface area contributed by atoms with Gasteiger partial charge in [0.2, 0.25) is 0 Å². The summed E-state index contributed by atoms with van der Waals surface area (Å²) in [7, 11) is 0. The smallest absolute Gasteiger partial charge is 0.111 e. The molecule has 104 valence electrons. The number of hydrogen-bond acceptors (Lipinski definition) is 2. The minimum absolute atomic E-state index is 0.161. The SMILES string of the molecule is CSC(C)(C)Cn1c(CCCl)nc2cc(Cl)ccc21. The number of halogens is 2. The Kier molecular flexibility index (Phi) is 4.70. The molecular formula is C14H18Cl2N2S. The molecule has 0 radical (unpaired) electrons. The zero-order chi connectivity index (χ0) is 14.0. The van der Waals surface area contributed by atoms with Crippen molar-refractivity contribution in [1.29, 1.82) is 0 Å². The average Bonchev–Trinajstić information content (AvgIpc) is 2.67. The van der Waals surface area contributed by atoms with Crippen molar-refractivity contribution < 1.29 is 0 Å². The van der Waals surface area contributed by atoms with Gasteiger partial charge >= 0.3 is 0 Å². The minimum Gasteiger partial charge on any atom is -0.327 e. The summed E-state index contributed by atoms with van der Waals surface area (Å²) in [5.41, 5.74) is 2.08. The number of alkyl halides is 1. The second-order valence-corrected chi connectivity index (χ2v) is 7.48. The van der Waals surface area contributed by atoms with Gasteiger partial charge in [-0.2, -0.15) is 11.8 Å². The van der Waals surface area contributed by atoms with Crippen LogP contribution in [0, 0.1) is 0 Å². The highest BCUT2D eigenvalue weighted by Crippen LogP contribution is 2.28. The van der Waals surface area contributed by atoms with Crippen LogP contribution in [0.25, 0.3) is 11.0 Å². The largest absolute Gasteiger partial charge is 0.327 e.